The van der Waals surface area contributed by atoms with Crippen LogP contribution in [-0.4, -0.2) is 89.6 Å². The zero-order valence-corrected chi connectivity index (χ0v) is 31.9. The maximum atomic E-state index is 13.2. The minimum atomic E-state index is -0.583. The van der Waals surface area contributed by atoms with E-state index in [-0.39, 0.29) is 42.6 Å². The molecule has 290 valence electrons. The number of carbonyl (C=O) groups is 4. The molecule has 5 heterocycles. The Morgan fingerprint density at radius 1 is 0.745 bits per heavy atom. The van der Waals surface area contributed by atoms with Crippen molar-refractivity contribution in [1.82, 2.24) is 20.1 Å². The minimum Gasteiger partial charge on any atom is -0.461 e. The predicted octanol–water partition coefficient (Wildman–Crippen LogP) is 6.26. The van der Waals surface area contributed by atoms with Crippen molar-refractivity contribution in [3.8, 4) is 0 Å². The molecule has 2 atom stereocenters. The molecule has 3 N–H and O–H groups in total. The molecule has 2 aromatic carbocycles. The summed E-state index contributed by atoms with van der Waals surface area (Å²) in [6.07, 6.45) is 7.30. The molecule has 0 aliphatic carbocycles. The van der Waals surface area contributed by atoms with Crippen LogP contribution in [0.15, 0.2) is 62.4 Å². The maximum Gasteiger partial charge on any atom is 0.265 e. The van der Waals surface area contributed by atoms with Crippen molar-refractivity contribution in [3.05, 3.63) is 71.6 Å². The van der Waals surface area contributed by atoms with Crippen LogP contribution in [-0.2, 0) is 19.2 Å². The average Bonchev–Trinajstić information content (AvgIpc) is 3.86. The van der Waals surface area contributed by atoms with Crippen LogP contribution in [0.1, 0.15) is 69.8 Å². The molecule has 4 amide bonds. The molecule has 14 heteroatoms. The molecule has 7 rings (SSSR count). The van der Waals surface area contributed by atoms with Crippen molar-refractivity contribution >= 4 is 62.9 Å². The van der Waals surface area contributed by atoms with Gasteiger partial charge in [-0.05, 0) is 107 Å². The summed E-state index contributed by atoms with van der Waals surface area (Å²) >= 11 is 0. The Morgan fingerprint density at radius 2 is 1.25 bits per heavy atom. The number of aliphatic imine (C=N–C) groups is 1. The van der Waals surface area contributed by atoms with Crippen molar-refractivity contribution in [2.45, 2.75) is 78.2 Å². The van der Waals surface area contributed by atoms with E-state index in [1.165, 1.54) is 0 Å². The number of carbonyl (C=O) groups excluding carboxylic acids is 4. The van der Waals surface area contributed by atoms with E-state index in [0.29, 0.717) is 31.2 Å². The maximum absolute atomic E-state index is 13.2. The van der Waals surface area contributed by atoms with Crippen LogP contribution < -0.4 is 16.1 Å². The number of fused-ring (bicyclic) bond motifs is 2. The van der Waals surface area contributed by atoms with E-state index in [0.717, 1.165) is 97.2 Å². The standard InChI is InChI=1S/C23H28N6O3.C18H22N2O3/c1-16-13-17-14-18(8-9-20(17)32-16)25-21(30)15-29-12-4-3-7-19(22(29)31)26-23(27-24-2)28-10-5-6-11-28;1-12-5-3-4-8-20(18(12)22)11-17(21)19-15-6-7-16-14(10-15)9-13(2)23-16/h8-9,13-14,19H,3-7,10-12,15H2,1H3,(H,25,30)(H,26,27);6-7,9-10,12H,3-5,8,11H2,1-2H3,(H,19,21)/t;12-/m.0/s1. The lowest BCUT2D eigenvalue weighted by Gasteiger charge is -2.23. The number of hydrogen-bond acceptors (Lipinski definition) is 7. The van der Waals surface area contributed by atoms with Crippen LogP contribution >= 0.6 is 0 Å². The van der Waals surface area contributed by atoms with Crippen LogP contribution in [0.5, 0.6) is 0 Å². The molecule has 3 aliphatic rings. The molecule has 14 nitrogen and oxygen atoms in total. The van der Waals surface area contributed by atoms with Gasteiger partial charge in [-0.3, -0.25) is 19.2 Å². The van der Waals surface area contributed by atoms with E-state index in [4.69, 9.17) is 15.4 Å². The second-order valence-electron chi connectivity index (χ2n) is 14.6. The normalized spacial score (nSPS) is 19.4. The predicted molar refractivity (Wildman–Crippen MR) is 211 cm³/mol. The number of aryl methyl sites for hydroxylation is 2. The first-order valence-electron chi connectivity index (χ1n) is 19.2. The second kappa shape index (κ2) is 18.0. The van der Waals surface area contributed by atoms with Crippen LogP contribution in [0.2, 0.25) is 0 Å². The van der Waals surface area contributed by atoms with E-state index in [1.807, 2.05) is 68.1 Å². The SMILES string of the molecule is Cc1cc2cc(NC(=O)CN3CCCC[C@H](C)C3=O)ccc2o1.[C-]#[N+]NC(=NC1CCCCN(CC(=O)Nc2ccc3oc(C)cc3c2)C1=O)N1CCCC1. The highest BCUT2D eigenvalue weighted by atomic mass is 16.3. The van der Waals surface area contributed by atoms with Crippen LogP contribution in [0.4, 0.5) is 11.4 Å². The molecule has 3 aliphatic heterocycles. The summed E-state index contributed by atoms with van der Waals surface area (Å²) in [7, 11) is 0. The molecule has 0 bridgehead atoms. The highest BCUT2D eigenvalue weighted by Crippen LogP contribution is 2.25. The van der Waals surface area contributed by atoms with Gasteiger partial charge >= 0.3 is 0 Å². The van der Waals surface area contributed by atoms with Gasteiger partial charge in [-0.25, -0.2) is 4.99 Å². The molecule has 0 spiro atoms. The molecule has 0 saturated carbocycles. The van der Waals surface area contributed by atoms with E-state index in [9.17, 15) is 19.2 Å². The van der Waals surface area contributed by atoms with Gasteiger partial charge in [0.2, 0.25) is 23.6 Å². The number of likely N-dealkylation sites (tertiary alicyclic amines) is 3. The van der Waals surface area contributed by atoms with Gasteiger partial charge in [-0.15, -0.1) is 0 Å². The van der Waals surface area contributed by atoms with Crippen LogP contribution in [0.25, 0.3) is 26.9 Å². The molecule has 55 heavy (non-hydrogen) atoms. The summed E-state index contributed by atoms with van der Waals surface area (Å²) in [6, 6.07) is 14.3. The third-order valence-electron chi connectivity index (χ3n) is 10.2. The first kappa shape index (κ1) is 38.9. The highest BCUT2D eigenvalue weighted by molar-refractivity contribution is 5.98. The summed E-state index contributed by atoms with van der Waals surface area (Å²) in [6.45, 7) is 15.8. The van der Waals surface area contributed by atoms with Gasteiger partial charge in [0.15, 0.2) is 0 Å². The lowest BCUT2D eigenvalue weighted by Crippen LogP contribution is -2.44. The Morgan fingerprint density at radius 3 is 1.80 bits per heavy atom. The summed E-state index contributed by atoms with van der Waals surface area (Å²) in [5.74, 6) is 1.63. The number of amides is 4. The van der Waals surface area contributed by atoms with Crippen molar-refractivity contribution < 1.29 is 28.0 Å². The number of furan rings is 2. The molecule has 3 saturated heterocycles. The monoisotopic (exact) mass is 750 g/mol. The zero-order valence-electron chi connectivity index (χ0n) is 31.9. The van der Waals surface area contributed by atoms with Crippen molar-refractivity contribution in [2.75, 3.05) is 49.9 Å². The summed E-state index contributed by atoms with van der Waals surface area (Å²) in [5, 5.41) is 7.63. The van der Waals surface area contributed by atoms with Crippen LogP contribution in [0.3, 0.4) is 0 Å². The molecule has 4 aromatic rings. The zero-order chi connectivity index (χ0) is 38.9. The van der Waals surface area contributed by atoms with Gasteiger partial charge in [-0.1, -0.05) is 18.8 Å². The molecular formula is C41H50N8O6. The number of anilines is 2. The third-order valence-corrected chi connectivity index (χ3v) is 10.2. The quantitative estimate of drug-likeness (QED) is 0.0865. The van der Waals surface area contributed by atoms with Gasteiger partial charge in [0.1, 0.15) is 28.7 Å². The fraction of sp³-hybridized carbons (Fsp3) is 0.463. The van der Waals surface area contributed by atoms with Gasteiger partial charge < -0.3 is 34.2 Å². The first-order valence-corrected chi connectivity index (χ1v) is 19.2. The molecule has 0 radical (unpaired) electrons. The fourth-order valence-corrected chi connectivity index (χ4v) is 7.38. The number of rotatable bonds is 7. The lowest BCUT2D eigenvalue weighted by molar-refractivity contribution is -0.137. The van der Waals surface area contributed by atoms with Gasteiger partial charge in [0.25, 0.3) is 5.96 Å². The summed E-state index contributed by atoms with van der Waals surface area (Å²) in [4.78, 5) is 63.5. The average molecular weight is 751 g/mol. The third kappa shape index (κ3) is 10.2. The minimum absolute atomic E-state index is 0.00977. The summed E-state index contributed by atoms with van der Waals surface area (Å²) < 4.78 is 11.1. The van der Waals surface area contributed by atoms with E-state index >= 15 is 0 Å². The Kier molecular flexibility index (Phi) is 12.7. The lowest BCUT2D eigenvalue weighted by atomic mass is 10.1. The molecular weight excluding hydrogens is 701 g/mol. The molecule has 2 aromatic heterocycles. The Bertz CT molecular complexity index is 2090. The van der Waals surface area contributed by atoms with Gasteiger partial charge in [-0.2, -0.15) is 11.5 Å². The number of hydrogen-bond donors (Lipinski definition) is 3. The topological polar surface area (TPSA) is 157 Å². The summed E-state index contributed by atoms with van der Waals surface area (Å²) in [5.41, 5.74) is 5.58. The first-order chi connectivity index (χ1) is 26.6. The fourth-order valence-electron chi connectivity index (χ4n) is 7.38. The Hall–Kier alpha value is -5.84. The number of benzene rings is 2. The second-order valence-corrected chi connectivity index (χ2v) is 14.6. The highest BCUT2D eigenvalue weighted by Gasteiger charge is 2.30. The Labute approximate surface area is 321 Å². The number of nitrogens with zero attached hydrogens (tertiary/aromatic N) is 5. The van der Waals surface area contributed by atoms with Gasteiger partial charge in [0.05, 0.1) is 13.1 Å². The number of nitrogens with one attached hydrogen (secondary N) is 3. The van der Waals surface area contributed by atoms with Crippen molar-refractivity contribution in [1.29, 1.82) is 0 Å². The van der Waals surface area contributed by atoms with Crippen LogP contribution in [0, 0.1) is 26.3 Å². The number of guanidine groups is 1. The van der Waals surface area contributed by atoms with Crippen molar-refractivity contribution in [2.24, 2.45) is 10.9 Å². The van der Waals surface area contributed by atoms with E-state index in [2.05, 4.69) is 26.0 Å². The smallest absolute Gasteiger partial charge is 0.265 e. The Balaban J connectivity index is 0.000000197. The van der Waals surface area contributed by atoms with E-state index < -0.39 is 6.04 Å². The molecule has 3 fully saturated rings. The largest absolute Gasteiger partial charge is 0.461 e. The molecule has 1 unspecified atom stereocenters. The van der Waals surface area contributed by atoms with E-state index in [1.54, 1.807) is 15.9 Å². The van der Waals surface area contributed by atoms with Gasteiger partial charge in [0, 0.05) is 54.2 Å². The van der Waals surface area contributed by atoms with Crippen molar-refractivity contribution in [3.63, 3.8) is 0 Å².